The van der Waals surface area contributed by atoms with Crippen molar-refractivity contribution in [3.8, 4) is 11.5 Å². The highest BCUT2D eigenvalue weighted by molar-refractivity contribution is 6.28. The molecule has 2 atom stereocenters. The van der Waals surface area contributed by atoms with Crippen LogP contribution in [0.4, 0.5) is 75.5 Å². The molecule has 0 spiro atoms. The van der Waals surface area contributed by atoms with E-state index >= 15 is 0 Å². The highest BCUT2D eigenvalue weighted by Gasteiger charge is 2.41. The number of carbonyl (C=O) groups excluding carboxylic acids is 4. The van der Waals surface area contributed by atoms with Gasteiger partial charge in [0.25, 0.3) is 17.5 Å². The maximum absolute atomic E-state index is 13.9. The molecule has 8 N–H and O–H groups in total. The Morgan fingerprint density at radius 3 is 1.64 bits per heavy atom. The van der Waals surface area contributed by atoms with Crippen LogP contribution in [0.5, 0.6) is 11.5 Å². The number of nitrogens with two attached hydrogens (primary N) is 1. The van der Waals surface area contributed by atoms with Gasteiger partial charge in [0.05, 0.1) is 47.6 Å². The molecule has 2 unspecified atom stereocenters. The van der Waals surface area contributed by atoms with Gasteiger partial charge >= 0.3 is 12.2 Å². The molecule has 2 aliphatic rings. The number of aromatic nitrogens is 4. The number of amides is 4. The van der Waals surface area contributed by atoms with Crippen LogP contribution in [-0.2, 0) is 19.1 Å². The van der Waals surface area contributed by atoms with E-state index in [9.17, 15) is 38.1 Å². The third kappa shape index (κ3) is 12.5. The van der Waals surface area contributed by atoms with Crippen molar-refractivity contribution in [2.75, 3.05) is 50.8 Å². The Balaban J connectivity index is 0.000000230. The van der Waals surface area contributed by atoms with Crippen molar-refractivity contribution >= 4 is 104 Å². The van der Waals surface area contributed by atoms with Gasteiger partial charge in [0.1, 0.15) is 11.5 Å². The Bertz CT molecular complexity index is 3020. The minimum atomic E-state index is -1.35. The highest BCUT2D eigenvalue weighted by atomic mass is 35.5. The Morgan fingerprint density at radius 1 is 0.729 bits per heavy atom. The smallest absolute Gasteiger partial charge is 0.411 e. The fourth-order valence-electron chi connectivity index (χ4n) is 6.44. The minimum absolute atomic E-state index is 0. The Morgan fingerprint density at radius 2 is 1.19 bits per heavy atom. The normalized spacial score (nSPS) is 16.4. The number of nitrogens with zero attached hydrogens (tertiary/aromatic N) is 5. The number of hydrogen-bond acceptors (Lipinski definition) is 17. The monoisotopic (exact) mass is 1000 g/mol. The van der Waals surface area contributed by atoms with Crippen LogP contribution in [0.2, 0.25) is 10.6 Å². The minimum Gasteiger partial charge on any atom is -0.475 e. The zero-order chi connectivity index (χ0) is 50.2. The van der Waals surface area contributed by atoms with E-state index in [2.05, 4.69) is 51.8 Å². The Labute approximate surface area is 406 Å². The van der Waals surface area contributed by atoms with Crippen LogP contribution >= 0.6 is 23.2 Å². The lowest BCUT2D eigenvalue weighted by Gasteiger charge is -2.34. The van der Waals surface area contributed by atoms with Crippen LogP contribution in [0.1, 0.15) is 28.1 Å². The van der Waals surface area contributed by atoms with Gasteiger partial charge in [-0.25, -0.2) is 28.3 Å². The molecular weight excluding hydrogens is 965 g/mol. The van der Waals surface area contributed by atoms with Crippen molar-refractivity contribution in [3.05, 3.63) is 130 Å². The molecule has 6 aromatic rings. The lowest BCUT2D eigenvalue weighted by molar-refractivity contribution is -0.384. The molecule has 0 saturated heterocycles. The van der Waals surface area contributed by atoms with E-state index in [1.807, 2.05) is 0 Å². The van der Waals surface area contributed by atoms with Crippen molar-refractivity contribution in [1.82, 2.24) is 19.9 Å². The average Bonchev–Trinajstić information content (AvgIpc) is 3.30. The lowest BCUT2D eigenvalue weighted by Crippen LogP contribution is -2.49. The van der Waals surface area contributed by atoms with Gasteiger partial charge in [-0.15, -0.1) is 0 Å². The van der Waals surface area contributed by atoms with Crippen LogP contribution in [-0.4, -0.2) is 73.3 Å². The van der Waals surface area contributed by atoms with Gasteiger partial charge in [0.15, 0.2) is 34.5 Å². The number of anilines is 9. The number of benzene rings is 4. The maximum Gasteiger partial charge on any atom is 0.411 e. The number of nitrogens with one attached hydrogen (secondary N) is 6. The summed E-state index contributed by atoms with van der Waals surface area (Å²) in [7, 11) is 0. The molecular formula is C44H40Cl2F2N12O10. The summed E-state index contributed by atoms with van der Waals surface area (Å²) in [5.74, 6) is -1.79. The van der Waals surface area contributed by atoms with Gasteiger partial charge in [0.2, 0.25) is 10.6 Å². The molecule has 2 aliphatic heterocycles. The molecule has 0 aliphatic carbocycles. The van der Waals surface area contributed by atoms with E-state index < -0.39 is 51.8 Å². The summed E-state index contributed by atoms with van der Waals surface area (Å²) < 4.78 is 49.9. The first-order valence-electron chi connectivity index (χ1n) is 20.5. The van der Waals surface area contributed by atoms with Crippen LogP contribution in [0, 0.1) is 21.7 Å². The molecule has 26 heteroatoms. The number of carbonyl (C=O) groups is 4. The fraction of sp³-hybridized carbons (Fsp3) is 0.182. The molecule has 8 rings (SSSR count). The van der Waals surface area contributed by atoms with Crippen LogP contribution in [0.25, 0.3) is 0 Å². The number of halogens is 4. The molecule has 0 radical (unpaired) electrons. The second-order valence-electron chi connectivity index (χ2n) is 15.4. The zero-order valence-corrected chi connectivity index (χ0v) is 38.0. The number of nitrogen functional groups attached to an aromatic ring is 1. The molecule has 2 aromatic heterocycles. The second-order valence-corrected chi connectivity index (χ2v) is 16.0. The summed E-state index contributed by atoms with van der Waals surface area (Å²) in [6.45, 7) is 2.89. The molecule has 70 heavy (non-hydrogen) atoms. The van der Waals surface area contributed by atoms with E-state index in [1.165, 1.54) is 37.3 Å². The number of nitro benzene ring substituents is 1. The quantitative estimate of drug-likeness (QED) is 0.0245. The highest BCUT2D eigenvalue weighted by Crippen LogP contribution is 2.39. The van der Waals surface area contributed by atoms with Gasteiger partial charge in [-0.2, -0.15) is 9.97 Å². The van der Waals surface area contributed by atoms with E-state index in [1.54, 1.807) is 61.5 Å². The molecule has 4 heterocycles. The fourth-order valence-corrected chi connectivity index (χ4v) is 6.71. The first kappa shape index (κ1) is 49.3. The number of nitro groups is 1. The average molecular weight is 1010 g/mol. The number of ether oxygens (including phenoxy) is 4. The molecule has 0 saturated carbocycles. The topological polar surface area (TPSA) is 298 Å². The van der Waals surface area contributed by atoms with Crippen molar-refractivity contribution in [2.24, 2.45) is 0 Å². The third-order valence-electron chi connectivity index (χ3n) is 10.1. The van der Waals surface area contributed by atoms with Gasteiger partial charge in [-0.3, -0.25) is 30.3 Å². The number of fused-ring (bicyclic) bond motifs is 2. The summed E-state index contributed by atoms with van der Waals surface area (Å²) in [4.78, 5) is 74.5. The largest absolute Gasteiger partial charge is 0.475 e. The van der Waals surface area contributed by atoms with Gasteiger partial charge < -0.3 is 45.9 Å². The van der Waals surface area contributed by atoms with E-state index in [-0.39, 0.29) is 61.1 Å². The van der Waals surface area contributed by atoms with Gasteiger partial charge in [-0.05, 0) is 97.7 Å². The molecule has 4 aromatic carbocycles. The van der Waals surface area contributed by atoms with E-state index in [0.29, 0.717) is 45.6 Å². The molecule has 364 valence electrons. The summed E-state index contributed by atoms with van der Waals surface area (Å²) in [5, 5.41) is 26.6. The molecule has 4 amide bonds. The second kappa shape index (κ2) is 21.1. The predicted octanol–water partition coefficient (Wildman–Crippen LogP) is 9.22. The Hall–Kier alpha value is -8.64. The third-order valence-corrected chi connectivity index (χ3v) is 10.5. The summed E-state index contributed by atoms with van der Waals surface area (Å²) >= 11 is 11.4. The Kier molecular flexibility index (Phi) is 14.9. The van der Waals surface area contributed by atoms with Crippen LogP contribution in [0.15, 0.2) is 97.3 Å². The molecule has 0 fully saturated rings. The summed E-state index contributed by atoms with van der Waals surface area (Å²) in [5.41, 5.74) is 5.64. The first-order valence-corrected chi connectivity index (χ1v) is 21.3. The van der Waals surface area contributed by atoms with Crippen LogP contribution < -0.4 is 47.1 Å². The van der Waals surface area contributed by atoms with Crippen LogP contribution in [0.3, 0.4) is 0 Å². The number of rotatable bonds is 13. The van der Waals surface area contributed by atoms with Crippen molar-refractivity contribution in [1.29, 1.82) is 0 Å². The SMILES string of the molecule is CC1(CCOC(=O)Nc2cccc(N)c2)Oc2ccc(Nc3nc(Cl)ncc3F)cc2NC1=O.CC1(CCOC(=O)Nc2cccc([N+](=O)[O-])c2)Oc2ccc(Nc3nc(Cl)ncc3F)cc2NC1=O.[HH]. The lowest BCUT2D eigenvalue weighted by atomic mass is 9.99. The van der Waals surface area contributed by atoms with Gasteiger partial charge in [0, 0.05) is 49.2 Å². The van der Waals surface area contributed by atoms with Gasteiger partial charge in [-0.1, -0.05) is 12.1 Å². The van der Waals surface area contributed by atoms with Crippen molar-refractivity contribution in [2.45, 2.75) is 37.9 Å². The molecule has 0 bridgehead atoms. The van der Waals surface area contributed by atoms with Crippen molar-refractivity contribution in [3.63, 3.8) is 0 Å². The van der Waals surface area contributed by atoms with E-state index in [4.69, 9.17) is 47.9 Å². The number of non-ortho nitro benzene ring substituents is 1. The standard InChI is InChI=1S/C22H18ClFN6O6.C22H20ClFN6O4.H2/c1-22(7-8-35-21(32)27-12-3-2-4-14(9-12)30(33)34)19(31)28-16-10-13(5-6-17(16)36-22)26-18-15(24)11-25-20(23)29-18;1-22(7-8-33-21(32)28-13-4-2-3-12(25)9-13)19(31)29-16-10-14(5-6-17(16)34-22)27-18-15(24)11-26-20(23)30-18;/h2-6,9-11H,7-8H2,1H3,(H,27,32)(H,28,31)(H,25,26,29);2-6,9-11H,7-8,25H2,1H3,(H,28,32)(H,29,31)(H,26,27,30);1H. The number of hydrogen-bond donors (Lipinski definition) is 7. The molecule has 22 nitrogen and oxygen atoms in total. The van der Waals surface area contributed by atoms with Crippen molar-refractivity contribution < 1.29 is 53.3 Å². The summed E-state index contributed by atoms with van der Waals surface area (Å²) in [6.07, 6.45) is 0.475. The van der Waals surface area contributed by atoms with E-state index in [0.717, 1.165) is 12.4 Å². The predicted molar refractivity (Wildman–Crippen MR) is 254 cm³/mol. The maximum atomic E-state index is 13.9. The zero-order valence-electron chi connectivity index (χ0n) is 36.5. The first-order chi connectivity index (χ1) is 33.3. The summed E-state index contributed by atoms with van der Waals surface area (Å²) in [6, 6.07) is 21.5.